The second-order valence-corrected chi connectivity index (χ2v) is 8.01. The van der Waals surface area contributed by atoms with Crippen molar-refractivity contribution in [2.24, 2.45) is 0 Å². The van der Waals surface area contributed by atoms with Crippen LogP contribution in [0.3, 0.4) is 0 Å². The van der Waals surface area contributed by atoms with E-state index in [1.165, 1.54) is 12.1 Å². The standard InChI is InChI=1S/C19H29F2N/c1-7-8-13-9-15(20)17(16(21)10-13)14-11-18(2,3)22(6)19(4,5)12-14/h9-10,14H,7-8,11-12H2,1-6H3. The topological polar surface area (TPSA) is 3.24 Å². The van der Waals surface area contributed by atoms with Gasteiger partial charge in [-0.05, 0) is 77.6 Å². The quantitative estimate of drug-likeness (QED) is 0.734. The number of nitrogens with zero attached hydrogens (tertiary/aromatic N) is 1. The van der Waals surface area contributed by atoms with E-state index in [0.717, 1.165) is 31.2 Å². The van der Waals surface area contributed by atoms with Gasteiger partial charge in [-0.2, -0.15) is 0 Å². The van der Waals surface area contributed by atoms with Gasteiger partial charge in [-0.15, -0.1) is 0 Å². The summed E-state index contributed by atoms with van der Waals surface area (Å²) >= 11 is 0. The fourth-order valence-electron chi connectivity index (χ4n) is 4.04. The molecule has 0 aromatic heterocycles. The molecule has 0 aliphatic carbocycles. The molecule has 3 heteroatoms. The van der Waals surface area contributed by atoms with Crippen LogP contribution in [0.15, 0.2) is 12.1 Å². The maximum Gasteiger partial charge on any atom is 0.129 e. The second-order valence-electron chi connectivity index (χ2n) is 8.01. The minimum absolute atomic E-state index is 0.0723. The Bertz CT molecular complexity index is 507. The lowest BCUT2D eigenvalue weighted by molar-refractivity contribution is -0.0138. The summed E-state index contributed by atoms with van der Waals surface area (Å²) in [5.41, 5.74) is 0.891. The molecule has 1 fully saturated rings. The Morgan fingerprint density at radius 2 is 1.50 bits per heavy atom. The van der Waals surface area contributed by atoms with Crippen molar-refractivity contribution in [3.05, 3.63) is 34.9 Å². The maximum absolute atomic E-state index is 14.6. The van der Waals surface area contributed by atoms with Crippen LogP contribution in [0.5, 0.6) is 0 Å². The van der Waals surface area contributed by atoms with Crippen molar-refractivity contribution >= 4 is 0 Å². The number of rotatable bonds is 3. The Morgan fingerprint density at radius 3 is 1.91 bits per heavy atom. The molecule has 124 valence electrons. The summed E-state index contributed by atoms with van der Waals surface area (Å²) in [7, 11) is 2.10. The Balaban J connectivity index is 2.40. The number of hydrogen-bond donors (Lipinski definition) is 0. The zero-order valence-electron chi connectivity index (χ0n) is 14.8. The molecule has 1 aromatic carbocycles. The van der Waals surface area contributed by atoms with Crippen molar-refractivity contribution < 1.29 is 8.78 Å². The van der Waals surface area contributed by atoms with Crippen molar-refractivity contribution in [2.75, 3.05) is 7.05 Å². The first-order valence-electron chi connectivity index (χ1n) is 8.30. The molecule has 1 aliphatic rings. The fraction of sp³-hybridized carbons (Fsp3) is 0.684. The third-order valence-electron chi connectivity index (χ3n) is 5.39. The van der Waals surface area contributed by atoms with Crippen molar-refractivity contribution in [1.29, 1.82) is 0 Å². The first kappa shape index (κ1) is 17.4. The SMILES string of the molecule is CCCc1cc(F)c(C2CC(C)(C)N(C)C(C)(C)C2)c(F)c1. The van der Waals surface area contributed by atoms with Gasteiger partial charge in [0.1, 0.15) is 11.6 Å². The summed E-state index contributed by atoms with van der Waals surface area (Å²) in [6.07, 6.45) is 3.16. The highest BCUT2D eigenvalue weighted by atomic mass is 19.1. The van der Waals surface area contributed by atoms with Crippen LogP contribution in [0.2, 0.25) is 0 Å². The number of benzene rings is 1. The molecular weight excluding hydrogens is 280 g/mol. The van der Waals surface area contributed by atoms with Gasteiger partial charge in [-0.3, -0.25) is 4.90 Å². The van der Waals surface area contributed by atoms with E-state index < -0.39 is 0 Å². The first-order chi connectivity index (χ1) is 10.1. The molecule has 1 aromatic rings. The highest BCUT2D eigenvalue weighted by molar-refractivity contribution is 5.31. The van der Waals surface area contributed by atoms with E-state index in [-0.39, 0.29) is 34.2 Å². The van der Waals surface area contributed by atoms with Gasteiger partial charge in [0.25, 0.3) is 0 Å². The van der Waals surface area contributed by atoms with Crippen LogP contribution < -0.4 is 0 Å². The molecule has 0 amide bonds. The van der Waals surface area contributed by atoms with Crippen LogP contribution in [0.4, 0.5) is 8.78 Å². The van der Waals surface area contributed by atoms with E-state index in [0.29, 0.717) is 0 Å². The zero-order valence-corrected chi connectivity index (χ0v) is 14.8. The van der Waals surface area contributed by atoms with E-state index >= 15 is 0 Å². The van der Waals surface area contributed by atoms with E-state index in [2.05, 4.69) is 39.6 Å². The van der Waals surface area contributed by atoms with Crippen LogP contribution >= 0.6 is 0 Å². The van der Waals surface area contributed by atoms with E-state index in [1.54, 1.807) is 0 Å². The number of hydrogen-bond acceptors (Lipinski definition) is 1. The predicted molar refractivity (Wildman–Crippen MR) is 88.2 cm³/mol. The van der Waals surface area contributed by atoms with E-state index in [9.17, 15) is 8.78 Å². The lowest BCUT2D eigenvalue weighted by atomic mass is 9.71. The average Bonchev–Trinajstić information content (AvgIpc) is 2.34. The monoisotopic (exact) mass is 309 g/mol. The minimum atomic E-state index is -0.371. The molecule has 1 saturated heterocycles. The Labute approximate surface area is 133 Å². The third kappa shape index (κ3) is 3.19. The molecule has 0 atom stereocenters. The molecule has 0 radical (unpaired) electrons. The Hall–Kier alpha value is -0.960. The van der Waals surface area contributed by atoms with Crippen LogP contribution in [-0.2, 0) is 6.42 Å². The lowest BCUT2D eigenvalue weighted by Gasteiger charge is -2.53. The maximum atomic E-state index is 14.6. The first-order valence-corrected chi connectivity index (χ1v) is 8.30. The predicted octanol–water partition coefficient (Wildman–Crippen LogP) is 5.28. The summed E-state index contributed by atoms with van der Waals surface area (Å²) < 4.78 is 29.1. The molecule has 22 heavy (non-hydrogen) atoms. The summed E-state index contributed by atoms with van der Waals surface area (Å²) in [6.45, 7) is 10.6. The van der Waals surface area contributed by atoms with Gasteiger partial charge in [-0.25, -0.2) is 8.78 Å². The van der Waals surface area contributed by atoms with Gasteiger partial charge >= 0.3 is 0 Å². The fourth-order valence-corrected chi connectivity index (χ4v) is 4.04. The summed E-state index contributed by atoms with van der Waals surface area (Å²) in [5.74, 6) is -0.814. The summed E-state index contributed by atoms with van der Waals surface area (Å²) in [6, 6.07) is 3.06. The molecule has 0 N–H and O–H groups in total. The molecule has 0 spiro atoms. The molecule has 2 rings (SSSR count). The smallest absolute Gasteiger partial charge is 0.129 e. The van der Waals surface area contributed by atoms with Crippen LogP contribution in [-0.4, -0.2) is 23.0 Å². The van der Waals surface area contributed by atoms with Crippen LogP contribution in [0.1, 0.15) is 70.9 Å². The van der Waals surface area contributed by atoms with Crippen LogP contribution in [0.25, 0.3) is 0 Å². The molecule has 0 saturated carbocycles. The minimum Gasteiger partial charge on any atom is -0.296 e. The van der Waals surface area contributed by atoms with Gasteiger partial charge in [0.2, 0.25) is 0 Å². The Morgan fingerprint density at radius 1 is 1.05 bits per heavy atom. The molecule has 1 aliphatic heterocycles. The molecule has 0 unspecified atom stereocenters. The van der Waals surface area contributed by atoms with Crippen LogP contribution in [0, 0.1) is 11.6 Å². The lowest BCUT2D eigenvalue weighted by Crippen LogP contribution is -2.58. The molecule has 1 heterocycles. The van der Waals surface area contributed by atoms with Gasteiger partial charge in [0.05, 0.1) is 0 Å². The van der Waals surface area contributed by atoms with E-state index in [4.69, 9.17) is 0 Å². The van der Waals surface area contributed by atoms with Crippen molar-refractivity contribution in [2.45, 2.75) is 77.3 Å². The van der Waals surface area contributed by atoms with Gasteiger partial charge < -0.3 is 0 Å². The van der Waals surface area contributed by atoms with E-state index in [1.807, 2.05) is 6.92 Å². The van der Waals surface area contributed by atoms with Crippen molar-refractivity contribution in [1.82, 2.24) is 4.90 Å². The zero-order chi connectivity index (χ0) is 16.7. The number of likely N-dealkylation sites (tertiary alicyclic amines) is 1. The largest absolute Gasteiger partial charge is 0.296 e. The number of piperidine rings is 1. The second kappa shape index (κ2) is 5.92. The summed E-state index contributed by atoms with van der Waals surface area (Å²) in [5, 5.41) is 0. The molecular formula is C19H29F2N. The molecule has 1 nitrogen and oxygen atoms in total. The van der Waals surface area contributed by atoms with Gasteiger partial charge in [0, 0.05) is 16.6 Å². The van der Waals surface area contributed by atoms with Gasteiger partial charge in [-0.1, -0.05) is 13.3 Å². The summed E-state index contributed by atoms with van der Waals surface area (Å²) in [4.78, 5) is 2.33. The molecule has 0 bridgehead atoms. The average molecular weight is 309 g/mol. The van der Waals surface area contributed by atoms with Crippen molar-refractivity contribution in [3.8, 4) is 0 Å². The Kier molecular flexibility index (Phi) is 4.68. The third-order valence-corrected chi connectivity index (χ3v) is 5.39. The van der Waals surface area contributed by atoms with Crippen molar-refractivity contribution in [3.63, 3.8) is 0 Å². The highest BCUT2D eigenvalue weighted by Crippen LogP contribution is 2.45. The normalized spacial score (nSPS) is 22.0. The highest BCUT2D eigenvalue weighted by Gasteiger charge is 2.44. The number of halogens is 2. The number of aryl methyl sites for hydroxylation is 1. The van der Waals surface area contributed by atoms with Gasteiger partial charge in [0.15, 0.2) is 0 Å².